The SMILES string of the molecule is CCN(C(=O)Cn1c(SC)nc2c(c1=O)CCC2)c1cccc(C)c1. The monoisotopic (exact) mass is 357 g/mol. The molecule has 0 radical (unpaired) electrons. The van der Waals surface area contributed by atoms with E-state index in [1.54, 1.807) is 4.90 Å². The number of anilines is 1. The first kappa shape index (κ1) is 17.7. The van der Waals surface area contributed by atoms with E-state index in [2.05, 4.69) is 4.98 Å². The lowest BCUT2D eigenvalue weighted by atomic mass is 10.2. The third-order valence-electron chi connectivity index (χ3n) is 4.56. The molecule has 1 heterocycles. The Morgan fingerprint density at radius 2 is 2.16 bits per heavy atom. The molecule has 1 aromatic heterocycles. The van der Waals surface area contributed by atoms with Crippen LogP contribution < -0.4 is 10.5 Å². The van der Waals surface area contributed by atoms with Crippen LogP contribution >= 0.6 is 11.8 Å². The van der Waals surface area contributed by atoms with Crippen LogP contribution in [0.5, 0.6) is 0 Å². The number of nitrogens with zero attached hydrogens (tertiary/aromatic N) is 3. The fourth-order valence-corrected chi connectivity index (χ4v) is 3.89. The number of hydrogen-bond donors (Lipinski definition) is 0. The molecule has 5 nitrogen and oxygen atoms in total. The highest BCUT2D eigenvalue weighted by atomic mass is 32.2. The van der Waals surface area contributed by atoms with Crippen LogP contribution in [0.3, 0.4) is 0 Å². The first-order valence-corrected chi connectivity index (χ1v) is 9.81. The summed E-state index contributed by atoms with van der Waals surface area (Å²) in [4.78, 5) is 32.1. The number of rotatable bonds is 5. The molecule has 0 saturated heterocycles. The van der Waals surface area contributed by atoms with Crippen molar-refractivity contribution in [2.75, 3.05) is 17.7 Å². The molecular weight excluding hydrogens is 334 g/mol. The molecule has 1 aliphatic rings. The summed E-state index contributed by atoms with van der Waals surface area (Å²) in [5.74, 6) is -0.0924. The van der Waals surface area contributed by atoms with Crippen molar-refractivity contribution in [1.29, 1.82) is 0 Å². The zero-order valence-electron chi connectivity index (χ0n) is 14.9. The maximum Gasteiger partial charge on any atom is 0.258 e. The second-order valence-electron chi connectivity index (χ2n) is 6.25. The predicted molar refractivity (Wildman–Crippen MR) is 102 cm³/mol. The Balaban J connectivity index is 1.93. The van der Waals surface area contributed by atoms with Gasteiger partial charge in [0.25, 0.3) is 5.56 Å². The van der Waals surface area contributed by atoms with E-state index < -0.39 is 0 Å². The third-order valence-corrected chi connectivity index (χ3v) is 5.24. The molecule has 3 rings (SSSR count). The lowest BCUT2D eigenvalue weighted by Crippen LogP contribution is -2.38. The van der Waals surface area contributed by atoms with Crippen molar-refractivity contribution in [2.45, 2.75) is 44.8 Å². The maximum absolute atomic E-state index is 12.9. The molecule has 0 fully saturated rings. The van der Waals surface area contributed by atoms with E-state index in [0.717, 1.165) is 41.8 Å². The van der Waals surface area contributed by atoms with Gasteiger partial charge in [-0.25, -0.2) is 4.98 Å². The summed E-state index contributed by atoms with van der Waals surface area (Å²) in [5.41, 5.74) is 3.60. The van der Waals surface area contributed by atoms with Crippen molar-refractivity contribution in [2.24, 2.45) is 0 Å². The molecule has 0 spiro atoms. The van der Waals surface area contributed by atoms with E-state index >= 15 is 0 Å². The Morgan fingerprint density at radius 3 is 2.84 bits per heavy atom. The molecular formula is C19H23N3O2S. The van der Waals surface area contributed by atoms with Crippen LogP contribution in [0.2, 0.25) is 0 Å². The predicted octanol–water partition coefficient (Wildman–Crippen LogP) is 2.82. The van der Waals surface area contributed by atoms with E-state index in [-0.39, 0.29) is 18.0 Å². The quantitative estimate of drug-likeness (QED) is 0.610. The van der Waals surface area contributed by atoms with Gasteiger partial charge in [-0.3, -0.25) is 14.2 Å². The maximum atomic E-state index is 12.9. The molecule has 0 atom stereocenters. The van der Waals surface area contributed by atoms with Gasteiger partial charge in [-0.05, 0) is 57.1 Å². The average molecular weight is 357 g/mol. The van der Waals surface area contributed by atoms with Gasteiger partial charge in [0, 0.05) is 17.8 Å². The molecule has 0 aliphatic heterocycles. The van der Waals surface area contributed by atoms with Gasteiger partial charge in [-0.1, -0.05) is 23.9 Å². The standard InChI is InChI=1S/C19H23N3O2S/c1-4-21(14-8-5-7-13(2)11-14)17(23)12-22-18(24)15-9-6-10-16(15)20-19(22)25-3/h5,7-8,11H,4,6,9-10,12H2,1-3H3. The molecule has 0 N–H and O–H groups in total. The number of thioether (sulfide) groups is 1. The molecule has 0 bridgehead atoms. The minimum absolute atomic E-state index is 0.0249. The zero-order valence-corrected chi connectivity index (χ0v) is 15.7. The van der Waals surface area contributed by atoms with Gasteiger partial charge in [0.2, 0.25) is 5.91 Å². The van der Waals surface area contributed by atoms with E-state index in [1.165, 1.54) is 16.3 Å². The molecule has 2 aromatic rings. The van der Waals surface area contributed by atoms with E-state index in [0.29, 0.717) is 11.7 Å². The highest BCUT2D eigenvalue weighted by molar-refractivity contribution is 7.98. The number of amides is 1. The smallest absolute Gasteiger partial charge is 0.258 e. The summed E-state index contributed by atoms with van der Waals surface area (Å²) in [5, 5.41) is 0.624. The van der Waals surface area contributed by atoms with Gasteiger partial charge in [-0.2, -0.15) is 0 Å². The molecule has 0 saturated carbocycles. The lowest BCUT2D eigenvalue weighted by molar-refractivity contribution is -0.119. The molecule has 1 amide bonds. The molecule has 0 unspecified atom stereocenters. The number of aromatic nitrogens is 2. The van der Waals surface area contributed by atoms with Crippen molar-refractivity contribution in [3.8, 4) is 0 Å². The first-order valence-electron chi connectivity index (χ1n) is 8.58. The third kappa shape index (κ3) is 3.49. The van der Waals surface area contributed by atoms with Gasteiger partial charge in [0.05, 0.1) is 5.69 Å². The van der Waals surface area contributed by atoms with Crippen LogP contribution in [-0.2, 0) is 24.2 Å². The normalized spacial score (nSPS) is 12.9. The fourth-order valence-electron chi connectivity index (χ4n) is 3.32. The highest BCUT2D eigenvalue weighted by Gasteiger charge is 2.23. The number of likely N-dealkylation sites (N-methyl/N-ethyl adjacent to an activating group) is 1. The van der Waals surface area contributed by atoms with Crippen LogP contribution in [0, 0.1) is 6.92 Å². The molecule has 1 aromatic carbocycles. The van der Waals surface area contributed by atoms with Crippen molar-refractivity contribution in [3.63, 3.8) is 0 Å². The van der Waals surface area contributed by atoms with Crippen molar-refractivity contribution in [3.05, 3.63) is 51.4 Å². The van der Waals surface area contributed by atoms with Crippen molar-refractivity contribution >= 4 is 23.4 Å². The number of carbonyl (C=O) groups is 1. The van der Waals surface area contributed by atoms with Gasteiger partial charge in [0.15, 0.2) is 5.16 Å². The lowest BCUT2D eigenvalue weighted by Gasteiger charge is -2.22. The van der Waals surface area contributed by atoms with E-state index in [4.69, 9.17) is 0 Å². The van der Waals surface area contributed by atoms with Gasteiger partial charge >= 0.3 is 0 Å². The number of carbonyl (C=O) groups excluding carboxylic acids is 1. The Labute approximate surface area is 152 Å². The summed E-state index contributed by atoms with van der Waals surface area (Å²) < 4.78 is 1.54. The molecule has 132 valence electrons. The minimum Gasteiger partial charge on any atom is -0.311 e. The van der Waals surface area contributed by atoms with E-state index in [1.807, 2.05) is 44.4 Å². The second-order valence-corrected chi connectivity index (χ2v) is 7.02. The summed E-state index contributed by atoms with van der Waals surface area (Å²) in [7, 11) is 0. The van der Waals surface area contributed by atoms with Gasteiger partial charge in [0.1, 0.15) is 6.54 Å². The minimum atomic E-state index is -0.0924. The van der Waals surface area contributed by atoms with Crippen LogP contribution in [0.1, 0.15) is 30.2 Å². The Hall–Kier alpha value is -2.08. The van der Waals surface area contributed by atoms with Crippen molar-refractivity contribution in [1.82, 2.24) is 9.55 Å². The van der Waals surface area contributed by atoms with Crippen LogP contribution in [0.25, 0.3) is 0 Å². The summed E-state index contributed by atoms with van der Waals surface area (Å²) in [6, 6.07) is 7.85. The first-order chi connectivity index (χ1) is 12.0. The summed E-state index contributed by atoms with van der Waals surface area (Å²) >= 11 is 1.42. The molecule has 1 aliphatic carbocycles. The number of benzene rings is 1. The topological polar surface area (TPSA) is 55.2 Å². The molecule has 25 heavy (non-hydrogen) atoms. The fraction of sp³-hybridized carbons (Fsp3) is 0.421. The highest BCUT2D eigenvalue weighted by Crippen LogP contribution is 2.21. The average Bonchev–Trinajstić information content (AvgIpc) is 3.06. The van der Waals surface area contributed by atoms with Crippen LogP contribution in [0.15, 0.2) is 34.2 Å². The number of fused-ring (bicyclic) bond motifs is 1. The van der Waals surface area contributed by atoms with E-state index in [9.17, 15) is 9.59 Å². The van der Waals surface area contributed by atoms with Crippen LogP contribution in [0.4, 0.5) is 5.69 Å². The number of aryl methyl sites for hydroxylation is 2. The van der Waals surface area contributed by atoms with Gasteiger partial charge < -0.3 is 4.90 Å². The zero-order chi connectivity index (χ0) is 18.0. The summed E-state index contributed by atoms with van der Waals surface area (Å²) in [6.07, 6.45) is 4.48. The Morgan fingerprint density at radius 1 is 1.36 bits per heavy atom. The van der Waals surface area contributed by atoms with Gasteiger partial charge in [-0.15, -0.1) is 0 Å². The largest absolute Gasteiger partial charge is 0.311 e. The Bertz CT molecular complexity index is 860. The Kier molecular flexibility index (Phi) is 5.27. The summed E-state index contributed by atoms with van der Waals surface area (Å²) in [6.45, 7) is 4.53. The second kappa shape index (κ2) is 7.44. The van der Waals surface area contributed by atoms with Crippen molar-refractivity contribution < 1.29 is 4.79 Å². The number of hydrogen-bond acceptors (Lipinski definition) is 4. The molecule has 6 heteroatoms. The van der Waals surface area contributed by atoms with Crippen LogP contribution in [-0.4, -0.2) is 28.3 Å².